The molecule has 1 heterocycles. The molecule has 0 fully saturated rings. The predicted molar refractivity (Wildman–Crippen MR) is 114 cm³/mol. The van der Waals surface area contributed by atoms with Gasteiger partial charge in [0.05, 0.1) is 0 Å². The lowest BCUT2D eigenvalue weighted by Gasteiger charge is -2.19. The quantitative estimate of drug-likeness (QED) is 0.537. The van der Waals surface area contributed by atoms with Crippen molar-refractivity contribution >= 4 is 34.6 Å². The molecule has 29 heavy (non-hydrogen) atoms. The Morgan fingerprint density at radius 2 is 2.07 bits per heavy atom. The molecule has 0 saturated carbocycles. The fraction of sp³-hybridized carbons (Fsp3) is 0.476. The third-order valence-electron chi connectivity index (χ3n) is 4.51. The van der Waals surface area contributed by atoms with Crippen molar-refractivity contribution in [1.82, 2.24) is 5.32 Å². The van der Waals surface area contributed by atoms with Gasteiger partial charge in [-0.2, -0.15) is 11.8 Å². The molecule has 0 bridgehead atoms. The van der Waals surface area contributed by atoms with Gasteiger partial charge in [-0.3, -0.25) is 4.79 Å². The van der Waals surface area contributed by atoms with Crippen molar-refractivity contribution in [2.24, 2.45) is 0 Å². The summed E-state index contributed by atoms with van der Waals surface area (Å²) in [6, 6.07) is 5.65. The van der Waals surface area contributed by atoms with Crippen LogP contribution in [0.5, 0.6) is 5.75 Å². The van der Waals surface area contributed by atoms with Crippen LogP contribution < -0.4 is 15.7 Å². The Morgan fingerprint density at radius 1 is 1.31 bits per heavy atom. The van der Waals surface area contributed by atoms with E-state index in [1.807, 2.05) is 12.3 Å². The number of aliphatic carboxylic acids is 1. The first-order valence-corrected chi connectivity index (χ1v) is 11.0. The minimum Gasteiger partial charge on any atom is -0.481 e. The molecule has 2 aromatic rings. The molecule has 0 aliphatic heterocycles. The first-order valence-electron chi connectivity index (χ1n) is 9.61. The van der Waals surface area contributed by atoms with Crippen molar-refractivity contribution in [2.75, 3.05) is 12.0 Å². The normalized spacial score (nSPS) is 13.1. The highest BCUT2D eigenvalue weighted by atomic mass is 32.2. The zero-order valence-electron chi connectivity index (χ0n) is 16.9. The maximum Gasteiger partial charge on any atom is 0.336 e. The number of rotatable bonds is 11. The van der Waals surface area contributed by atoms with Gasteiger partial charge in [-0.15, -0.1) is 0 Å². The highest BCUT2D eigenvalue weighted by molar-refractivity contribution is 7.98. The first kappa shape index (κ1) is 22.8. The van der Waals surface area contributed by atoms with E-state index in [1.54, 1.807) is 19.1 Å². The average Bonchev–Trinajstić information content (AvgIpc) is 2.68. The minimum absolute atomic E-state index is 0.330. The lowest BCUT2D eigenvalue weighted by molar-refractivity contribution is -0.142. The standard InChI is InChI=1S/C21H27NO6S/c1-4-5-6-14-11-19(23)28-18-12-15(7-8-16(14)18)27-13(2)20(24)22-17(21(25)26)9-10-29-3/h7-8,11-13,17H,4-6,9-10H2,1-3H3,(H,22,24)(H,25,26)/t13-,17+/m1/s1. The van der Waals surface area contributed by atoms with E-state index in [-0.39, 0.29) is 0 Å². The van der Waals surface area contributed by atoms with E-state index >= 15 is 0 Å². The fourth-order valence-corrected chi connectivity index (χ4v) is 3.37. The number of ether oxygens (including phenoxy) is 1. The van der Waals surface area contributed by atoms with Crippen LogP contribution in [-0.2, 0) is 16.0 Å². The molecule has 0 aliphatic rings. The van der Waals surface area contributed by atoms with E-state index in [0.29, 0.717) is 23.5 Å². The highest BCUT2D eigenvalue weighted by Crippen LogP contribution is 2.24. The van der Waals surface area contributed by atoms with Crippen LogP contribution in [0, 0.1) is 0 Å². The molecule has 1 amide bonds. The molecule has 2 rings (SSSR count). The Morgan fingerprint density at radius 3 is 2.72 bits per heavy atom. The van der Waals surface area contributed by atoms with E-state index in [0.717, 1.165) is 30.2 Å². The van der Waals surface area contributed by atoms with Crippen LogP contribution in [0.2, 0.25) is 0 Å². The van der Waals surface area contributed by atoms with Gasteiger partial charge in [0, 0.05) is 17.5 Å². The number of benzene rings is 1. The fourth-order valence-electron chi connectivity index (χ4n) is 2.90. The third kappa shape index (κ3) is 6.52. The molecule has 0 saturated heterocycles. The van der Waals surface area contributed by atoms with Gasteiger partial charge in [-0.05, 0) is 55.9 Å². The van der Waals surface area contributed by atoms with Gasteiger partial charge in [-0.25, -0.2) is 9.59 Å². The number of aryl methyl sites for hydroxylation is 1. The van der Waals surface area contributed by atoms with E-state index in [9.17, 15) is 19.5 Å². The molecule has 2 atom stereocenters. The van der Waals surface area contributed by atoms with E-state index in [4.69, 9.17) is 9.15 Å². The smallest absolute Gasteiger partial charge is 0.336 e. The molecule has 1 aromatic heterocycles. The lowest BCUT2D eigenvalue weighted by Crippen LogP contribution is -2.46. The Hall–Kier alpha value is -2.48. The summed E-state index contributed by atoms with van der Waals surface area (Å²) in [5, 5.41) is 12.6. The van der Waals surface area contributed by atoms with Crippen molar-refractivity contribution in [3.05, 3.63) is 40.2 Å². The second-order valence-corrected chi connectivity index (χ2v) is 7.78. The molecule has 0 unspecified atom stereocenters. The van der Waals surface area contributed by atoms with E-state index in [2.05, 4.69) is 12.2 Å². The summed E-state index contributed by atoms with van der Waals surface area (Å²) in [6.45, 7) is 3.63. The van der Waals surface area contributed by atoms with Crippen LogP contribution in [0.25, 0.3) is 11.0 Å². The number of carboxylic acids is 1. The zero-order valence-corrected chi connectivity index (χ0v) is 17.7. The molecular weight excluding hydrogens is 394 g/mol. The van der Waals surface area contributed by atoms with E-state index in [1.165, 1.54) is 17.8 Å². The number of nitrogens with one attached hydrogen (secondary N) is 1. The topological polar surface area (TPSA) is 106 Å². The summed E-state index contributed by atoms with van der Waals surface area (Å²) < 4.78 is 10.9. The van der Waals surface area contributed by atoms with Crippen LogP contribution in [0.4, 0.5) is 0 Å². The van der Waals surface area contributed by atoms with E-state index < -0.39 is 29.6 Å². The van der Waals surface area contributed by atoms with Gasteiger partial charge in [0.15, 0.2) is 6.10 Å². The van der Waals surface area contributed by atoms with Crippen molar-refractivity contribution in [2.45, 2.75) is 51.7 Å². The van der Waals surface area contributed by atoms with Crippen molar-refractivity contribution in [1.29, 1.82) is 0 Å². The number of amides is 1. The molecular formula is C21H27NO6S. The van der Waals surface area contributed by atoms with Gasteiger partial charge in [0.1, 0.15) is 17.4 Å². The van der Waals surface area contributed by atoms with Gasteiger partial charge >= 0.3 is 11.6 Å². The maximum absolute atomic E-state index is 12.3. The molecule has 7 nitrogen and oxygen atoms in total. The number of carbonyl (C=O) groups excluding carboxylic acids is 1. The van der Waals surface area contributed by atoms with Gasteiger partial charge in [-0.1, -0.05) is 13.3 Å². The lowest BCUT2D eigenvalue weighted by atomic mass is 10.0. The second kappa shape index (κ2) is 10.9. The highest BCUT2D eigenvalue weighted by Gasteiger charge is 2.23. The number of carboxylic acid groups (broad SMARTS) is 1. The van der Waals surface area contributed by atoms with Crippen LogP contribution in [0.1, 0.15) is 38.7 Å². The minimum atomic E-state index is -1.08. The maximum atomic E-state index is 12.3. The molecule has 1 aromatic carbocycles. The SMILES string of the molecule is CCCCc1cc(=O)oc2cc(O[C@H](C)C(=O)N[C@@H](CCSC)C(=O)O)ccc12. The summed E-state index contributed by atoms with van der Waals surface area (Å²) in [5.41, 5.74) is 0.898. The molecule has 0 radical (unpaired) electrons. The van der Waals surface area contributed by atoms with Gasteiger partial charge < -0.3 is 19.6 Å². The first-order chi connectivity index (χ1) is 13.8. The van der Waals surface area contributed by atoms with Crippen molar-refractivity contribution in [3.8, 4) is 5.75 Å². The Labute approximate surface area is 173 Å². The number of fused-ring (bicyclic) bond motifs is 1. The number of unbranched alkanes of at least 4 members (excludes halogenated alkanes) is 1. The summed E-state index contributed by atoms with van der Waals surface area (Å²) >= 11 is 1.51. The number of hydrogen-bond donors (Lipinski definition) is 2. The monoisotopic (exact) mass is 421 g/mol. The number of carbonyl (C=O) groups is 2. The summed E-state index contributed by atoms with van der Waals surface area (Å²) in [4.78, 5) is 35.5. The third-order valence-corrected chi connectivity index (χ3v) is 5.15. The average molecular weight is 422 g/mol. The predicted octanol–water partition coefficient (Wildman–Crippen LogP) is 3.23. The van der Waals surface area contributed by atoms with Gasteiger partial charge in [0.25, 0.3) is 5.91 Å². The summed E-state index contributed by atoms with van der Waals surface area (Å²) in [7, 11) is 0. The number of hydrogen-bond acceptors (Lipinski definition) is 6. The van der Waals surface area contributed by atoms with Crippen LogP contribution in [0.3, 0.4) is 0 Å². The number of thioether (sulfide) groups is 1. The Balaban J connectivity index is 2.13. The van der Waals surface area contributed by atoms with Gasteiger partial charge in [0.2, 0.25) is 0 Å². The van der Waals surface area contributed by atoms with Crippen molar-refractivity contribution in [3.63, 3.8) is 0 Å². The van der Waals surface area contributed by atoms with Crippen LogP contribution in [0.15, 0.2) is 33.5 Å². The van der Waals surface area contributed by atoms with Crippen LogP contribution in [-0.4, -0.2) is 41.1 Å². The molecule has 2 N–H and O–H groups in total. The van der Waals surface area contributed by atoms with Crippen molar-refractivity contribution < 1.29 is 23.8 Å². The molecule has 0 aliphatic carbocycles. The second-order valence-electron chi connectivity index (χ2n) is 6.79. The summed E-state index contributed by atoms with van der Waals surface area (Å²) in [6.07, 6.45) is 4.07. The molecule has 158 valence electrons. The zero-order chi connectivity index (χ0) is 21.4. The molecule has 8 heteroatoms. The summed E-state index contributed by atoms with van der Waals surface area (Å²) in [5.74, 6) is -0.605. The Kier molecular flexibility index (Phi) is 8.57. The molecule has 0 spiro atoms. The van der Waals surface area contributed by atoms with Crippen LogP contribution >= 0.6 is 11.8 Å². The Bertz CT molecular complexity index is 910. The largest absolute Gasteiger partial charge is 0.481 e.